The van der Waals surface area contributed by atoms with Crippen LogP contribution in [0.4, 0.5) is 0 Å². The highest BCUT2D eigenvalue weighted by Gasteiger charge is 1.96. The third kappa shape index (κ3) is 10.3. The highest BCUT2D eigenvalue weighted by Crippen LogP contribution is 2.10. The molecular weight excluding hydrogens is 278 g/mol. The van der Waals surface area contributed by atoms with Crippen molar-refractivity contribution >= 4 is 23.3 Å². The van der Waals surface area contributed by atoms with Gasteiger partial charge in [0.2, 0.25) is 5.91 Å². The summed E-state index contributed by atoms with van der Waals surface area (Å²) in [4.78, 5) is 12.7. The predicted molar refractivity (Wildman–Crippen MR) is 93.6 cm³/mol. The van der Waals surface area contributed by atoms with Gasteiger partial charge in [0.15, 0.2) is 0 Å². The number of hydrogen-bond acceptors (Lipinski definition) is 2. The van der Waals surface area contributed by atoms with Gasteiger partial charge in [-0.25, -0.2) is 0 Å². The first-order valence-corrected chi connectivity index (χ1v) is 9.20. The average molecular weight is 308 g/mol. The Balaban J connectivity index is 1.88. The molecule has 0 fully saturated rings. The summed E-state index contributed by atoms with van der Waals surface area (Å²) in [7, 11) is 0. The highest BCUT2D eigenvalue weighted by atomic mass is 32.1. The van der Waals surface area contributed by atoms with E-state index >= 15 is 0 Å². The summed E-state index contributed by atoms with van der Waals surface area (Å²) in [6, 6.07) is 4.00. The molecule has 3 heteroatoms. The van der Waals surface area contributed by atoms with Crippen molar-refractivity contribution in [3.05, 3.63) is 28.5 Å². The molecule has 0 bridgehead atoms. The molecule has 1 heterocycles. The predicted octanol–water partition coefficient (Wildman–Crippen LogP) is 5.41. The minimum absolute atomic E-state index is 0.0166. The fraction of sp³-hybridized carbons (Fsp3) is 0.611. The van der Waals surface area contributed by atoms with E-state index in [-0.39, 0.29) is 5.91 Å². The molecular formula is C18H29NOS. The Kier molecular flexibility index (Phi) is 10.8. The molecule has 1 N–H and O–H groups in total. The van der Waals surface area contributed by atoms with E-state index < -0.39 is 0 Å². The quantitative estimate of drug-likeness (QED) is 0.406. The van der Waals surface area contributed by atoms with Gasteiger partial charge in [-0.15, -0.1) is 11.3 Å². The molecule has 0 atom stereocenters. The topological polar surface area (TPSA) is 29.1 Å². The van der Waals surface area contributed by atoms with Crippen LogP contribution in [0.2, 0.25) is 0 Å². The summed E-state index contributed by atoms with van der Waals surface area (Å²) in [5, 5.41) is 4.96. The molecule has 1 rings (SSSR count). The zero-order chi connectivity index (χ0) is 15.2. The van der Waals surface area contributed by atoms with Crippen molar-refractivity contribution in [3.63, 3.8) is 0 Å². The third-order valence-electron chi connectivity index (χ3n) is 3.52. The number of carbonyl (C=O) groups is 1. The Morgan fingerprint density at radius 2 is 1.76 bits per heavy atom. The zero-order valence-electron chi connectivity index (χ0n) is 13.3. The van der Waals surface area contributed by atoms with Gasteiger partial charge in [-0.05, 0) is 23.9 Å². The average Bonchev–Trinajstić information content (AvgIpc) is 3.00. The van der Waals surface area contributed by atoms with Gasteiger partial charge in [-0.1, -0.05) is 64.4 Å². The molecule has 2 nitrogen and oxygen atoms in total. The first-order valence-electron chi connectivity index (χ1n) is 8.32. The summed E-state index contributed by atoms with van der Waals surface area (Å²) in [5.74, 6) is 0.0166. The fourth-order valence-electron chi connectivity index (χ4n) is 2.25. The first-order chi connectivity index (χ1) is 10.3. The van der Waals surface area contributed by atoms with Gasteiger partial charge >= 0.3 is 0 Å². The van der Waals surface area contributed by atoms with Crippen molar-refractivity contribution < 1.29 is 4.79 Å². The van der Waals surface area contributed by atoms with Crippen LogP contribution in [0.3, 0.4) is 0 Å². The molecule has 0 saturated heterocycles. The summed E-state index contributed by atoms with van der Waals surface area (Å²) in [5.41, 5.74) is 0. The van der Waals surface area contributed by atoms with Gasteiger partial charge in [-0.3, -0.25) is 4.79 Å². The summed E-state index contributed by atoms with van der Waals surface area (Å²) < 4.78 is 0. The van der Waals surface area contributed by atoms with Crippen LogP contribution in [0, 0.1) is 0 Å². The number of carbonyl (C=O) groups excluding carboxylic acids is 1. The van der Waals surface area contributed by atoms with Crippen molar-refractivity contribution in [2.75, 3.05) is 6.54 Å². The lowest BCUT2D eigenvalue weighted by atomic mass is 10.1. The molecule has 1 aromatic heterocycles. The Morgan fingerprint density at radius 3 is 2.38 bits per heavy atom. The van der Waals surface area contributed by atoms with E-state index in [9.17, 15) is 4.79 Å². The number of unbranched alkanes of at least 4 members (excludes halogenated alkanes) is 8. The van der Waals surface area contributed by atoms with Gasteiger partial charge in [-0.2, -0.15) is 0 Å². The fourth-order valence-corrected chi connectivity index (χ4v) is 2.87. The molecule has 0 aliphatic rings. The molecule has 0 aliphatic heterocycles. The maximum Gasteiger partial charge on any atom is 0.244 e. The lowest BCUT2D eigenvalue weighted by Crippen LogP contribution is -2.21. The molecule has 0 spiro atoms. The summed E-state index contributed by atoms with van der Waals surface area (Å²) >= 11 is 1.64. The van der Waals surface area contributed by atoms with Crippen LogP contribution in [0.25, 0.3) is 6.08 Å². The van der Waals surface area contributed by atoms with Gasteiger partial charge in [0.05, 0.1) is 0 Å². The number of nitrogens with one attached hydrogen (secondary N) is 1. The van der Waals surface area contributed by atoms with Crippen molar-refractivity contribution in [2.24, 2.45) is 0 Å². The zero-order valence-corrected chi connectivity index (χ0v) is 14.1. The van der Waals surface area contributed by atoms with Gasteiger partial charge in [0, 0.05) is 17.5 Å². The maximum absolute atomic E-state index is 11.6. The lowest BCUT2D eigenvalue weighted by molar-refractivity contribution is -0.116. The molecule has 1 amide bonds. The second-order valence-corrected chi connectivity index (χ2v) is 6.45. The Hall–Kier alpha value is -1.09. The first kappa shape index (κ1) is 18.0. The molecule has 0 aromatic carbocycles. The van der Waals surface area contributed by atoms with Crippen LogP contribution in [-0.2, 0) is 4.79 Å². The van der Waals surface area contributed by atoms with Crippen molar-refractivity contribution in [1.82, 2.24) is 5.32 Å². The van der Waals surface area contributed by atoms with Crippen LogP contribution < -0.4 is 5.32 Å². The molecule has 0 saturated carbocycles. The lowest BCUT2D eigenvalue weighted by Gasteiger charge is -2.03. The minimum atomic E-state index is 0.0166. The molecule has 21 heavy (non-hydrogen) atoms. The minimum Gasteiger partial charge on any atom is -0.353 e. The Labute approximate surface area is 133 Å². The third-order valence-corrected chi connectivity index (χ3v) is 4.36. The van der Waals surface area contributed by atoms with Crippen LogP contribution in [0.1, 0.15) is 69.6 Å². The van der Waals surface area contributed by atoms with E-state index in [0.29, 0.717) is 0 Å². The van der Waals surface area contributed by atoms with Crippen molar-refractivity contribution in [2.45, 2.75) is 64.7 Å². The van der Waals surface area contributed by atoms with E-state index in [0.717, 1.165) is 17.8 Å². The monoisotopic (exact) mass is 307 g/mol. The van der Waals surface area contributed by atoms with E-state index in [1.165, 1.54) is 51.4 Å². The summed E-state index contributed by atoms with van der Waals surface area (Å²) in [6.45, 7) is 3.05. The highest BCUT2D eigenvalue weighted by molar-refractivity contribution is 7.10. The largest absolute Gasteiger partial charge is 0.353 e. The van der Waals surface area contributed by atoms with E-state index in [2.05, 4.69) is 12.2 Å². The van der Waals surface area contributed by atoms with Gasteiger partial charge in [0.1, 0.15) is 0 Å². The van der Waals surface area contributed by atoms with E-state index in [1.807, 2.05) is 23.6 Å². The van der Waals surface area contributed by atoms with Crippen LogP contribution in [-0.4, -0.2) is 12.5 Å². The van der Waals surface area contributed by atoms with Crippen molar-refractivity contribution in [3.8, 4) is 0 Å². The molecule has 0 unspecified atom stereocenters. The maximum atomic E-state index is 11.6. The Morgan fingerprint density at radius 1 is 1.10 bits per heavy atom. The molecule has 118 valence electrons. The smallest absolute Gasteiger partial charge is 0.244 e. The standard InChI is InChI=1S/C18H29NOS/c1-2-3-4-5-6-7-8-9-10-15-19-18(20)14-13-17-12-11-16-21-17/h11-14,16H,2-10,15H2,1H3,(H,19,20)/b14-13+. The van der Waals surface area contributed by atoms with Crippen LogP contribution in [0.15, 0.2) is 23.6 Å². The second kappa shape index (κ2) is 12.6. The number of rotatable bonds is 12. The van der Waals surface area contributed by atoms with E-state index in [4.69, 9.17) is 0 Å². The molecule has 0 aliphatic carbocycles. The number of hydrogen-bond donors (Lipinski definition) is 1. The second-order valence-electron chi connectivity index (χ2n) is 5.47. The number of amides is 1. The molecule has 1 aromatic rings. The summed E-state index contributed by atoms with van der Waals surface area (Å²) in [6.07, 6.45) is 15.3. The SMILES string of the molecule is CCCCCCCCCCCNC(=O)/C=C/c1cccs1. The van der Waals surface area contributed by atoms with Crippen molar-refractivity contribution in [1.29, 1.82) is 0 Å². The van der Waals surface area contributed by atoms with Crippen LogP contribution in [0.5, 0.6) is 0 Å². The van der Waals surface area contributed by atoms with Gasteiger partial charge in [0.25, 0.3) is 0 Å². The van der Waals surface area contributed by atoms with Crippen LogP contribution >= 0.6 is 11.3 Å². The van der Waals surface area contributed by atoms with E-state index in [1.54, 1.807) is 17.4 Å². The normalized spacial score (nSPS) is 11.1. The number of thiophene rings is 1. The molecule has 0 radical (unpaired) electrons. The Bertz CT molecular complexity index is 384. The van der Waals surface area contributed by atoms with Gasteiger partial charge < -0.3 is 5.32 Å².